The quantitative estimate of drug-likeness (QED) is 0.911. The van der Waals surface area contributed by atoms with Gasteiger partial charge in [-0.3, -0.25) is 10.00 Å². The zero-order valence-electron chi connectivity index (χ0n) is 11.5. The van der Waals surface area contributed by atoms with E-state index in [-0.39, 0.29) is 0 Å². The second-order valence-electron chi connectivity index (χ2n) is 5.44. The van der Waals surface area contributed by atoms with Gasteiger partial charge in [-0.2, -0.15) is 5.10 Å². The highest BCUT2D eigenvalue weighted by Gasteiger charge is 2.22. The molecule has 1 aromatic carbocycles. The minimum atomic E-state index is 0.580. The van der Waals surface area contributed by atoms with Crippen LogP contribution < -0.4 is 0 Å². The summed E-state index contributed by atoms with van der Waals surface area (Å²) in [6.45, 7) is 1.08. The van der Waals surface area contributed by atoms with Crippen molar-refractivity contribution in [3.8, 4) is 0 Å². The minimum Gasteiger partial charge on any atom is -0.299 e. The van der Waals surface area contributed by atoms with Crippen molar-refractivity contribution in [1.82, 2.24) is 15.1 Å². The molecule has 1 aliphatic carbocycles. The Morgan fingerprint density at radius 2 is 2.26 bits per heavy atom. The molecule has 0 saturated heterocycles. The van der Waals surface area contributed by atoms with E-state index in [1.165, 1.54) is 36.0 Å². The lowest BCUT2D eigenvalue weighted by molar-refractivity contribution is 0.224. The van der Waals surface area contributed by atoms with Crippen LogP contribution >= 0.6 is 0 Å². The van der Waals surface area contributed by atoms with Crippen LogP contribution in [0.5, 0.6) is 0 Å². The van der Waals surface area contributed by atoms with Crippen LogP contribution in [-0.2, 0) is 12.8 Å². The van der Waals surface area contributed by atoms with E-state index in [1.54, 1.807) is 0 Å². The van der Waals surface area contributed by atoms with E-state index in [4.69, 9.17) is 0 Å². The predicted molar refractivity (Wildman–Crippen MR) is 77.0 cm³/mol. The molecule has 0 spiro atoms. The number of rotatable bonds is 4. The normalized spacial score (nSPS) is 18.5. The molecule has 1 N–H and O–H groups in total. The molecule has 0 unspecified atom stereocenters. The van der Waals surface area contributed by atoms with Gasteiger partial charge in [0, 0.05) is 18.8 Å². The first-order chi connectivity index (χ1) is 9.34. The van der Waals surface area contributed by atoms with Gasteiger partial charge in [-0.25, -0.2) is 0 Å². The van der Waals surface area contributed by atoms with Crippen molar-refractivity contribution in [2.24, 2.45) is 0 Å². The molecule has 0 bridgehead atoms. The fraction of sp³-hybridized carbons (Fsp3) is 0.438. The largest absolute Gasteiger partial charge is 0.299 e. The molecule has 0 fully saturated rings. The van der Waals surface area contributed by atoms with E-state index in [9.17, 15) is 0 Å². The van der Waals surface area contributed by atoms with Crippen molar-refractivity contribution in [1.29, 1.82) is 0 Å². The number of likely N-dealkylation sites (N-methyl/N-ethyl adjacent to an activating group) is 1. The Morgan fingerprint density at radius 1 is 1.37 bits per heavy atom. The Hall–Kier alpha value is -1.61. The topological polar surface area (TPSA) is 31.9 Å². The summed E-state index contributed by atoms with van der Waals surface area (Å²) in [4.78, 5) is 2.49. The van der Waals surface area contributed by atoms with Crippen LogP contribution in [0.1, 0.15) is 35.6 Å². The summed E-state index contributed by atoms with van der Waals surface area (Å²) in [7, 11) is 2.24. The number of hydrogen-bond donors (Lipinski definition) is 1. The van der Waals surface area contributed by atoms with Gasteiger partial charge in [-0.1, -0.05) is 24.3 Å². The number of aryl methyl sites for hydroxylation is 1. The summed E-state index contributed by atoms with van der Waals surface area (Å²) in [6.07, 6.45) is 8.79. The molecule has 3 nitrogen and oxygen atoms in total. The Kier molecular flexibility index (Phi) is 3.65. The van der Waals surface area contributed by atoms with Crippen LogP contribution in [-0.4, -0.2) is 28.7 Å². The van der Waals surface area contributed by atoms with Gasteiger partial charge in [0.2, 0.25) is 0 Å². The average molecular weight is 255 g/mol. The molecule has 2 aromatic rings. The highest BCUT2D eigenvalue weighted by Crippen LogP contribution is 2.33. The second-order valence-corrected chi connectivity index (χ2v) is 5.44. The lowest BCUT2D eigenvalue weighted by Gasteiger charge is -2.33. The summed E-state index contributed by atoms with van der Waals surface area (Å²) in [5.74, 6) is 0. The fourth-order valence-electron chi connectivity index (χ4n) is 3.06. The molecule has 19 heavy (non-hydrogen) atoms. The first-order valence-corrected chi connectivity index (χ1v) is 7.10. The number of aromatic amines is 1. The van der Waals surface area contributed by atoms with Crippen LogP contribution in [0.25, 0.3) is 0 Å². The molecule has 3 heteroatoms. The van der Waals surface area contributed by atoms with Gasteiger partial charge in [0.05, 0.1) is 6.20 Å². The summed E-state index contributed by atoms with van der Waals surface area (Å²) in [5, 5.41) is 6.89. The Balaban J connectivity index is 1.69. The number of fused-ring (bicyclic) bond motifs is 1. The molecular weight excluding hydrogens is 234 g/mol. The van der Waals surface area contributed by atoms with E-state index in [2.05, 4.69) is 46.4 Å². The number of hydrogen-bond acceptors (Lipinski definition) is 2. The minimum absolute atomic E-state index is 0.580. The van der Waals surface area contributed by atoms with Crippen LogP contribution in [0, 0.1) is 0 Å². The summed E-state index contributed by atoms with van der Waals surface area (Å²) < 4.78 is 0. The highest BCUT2D eigenvalue weighted by atomic mass is 15.1. The van der Waals surface area contributed by atoms with Gasteiger partial charge in [0.1, 0.15) is 0 Å². The zero-order valence-corrected chi connectivity index (χ0v) is 11.5. The van der Waals surface area contributed by atoms with E-state index in [0.717, 1.165) is 13.0 Å². The summed E-state index contributed by atoms with van der Waals surface area (Å²) >= 11 is 0. The summed E-state index contributed by atoms with van der Waals surface area (Å²) in [6, 6.07) is 9.49. The van der Waals surface area contributed by atoms with Crippen molar-refractivity contribution in [3.05, 3.63) is 53.3 Å². The molecule has 1 aliphatic rings. The molecule has 100 valence electrons. The van der Waals surface area contributed by atoms with Gasteiger partial charge in [0.25, 0.3) is 0 Å². The number of nitrogens with zero attached hydrogens (tertiary/aromatic N) is 2. The van der Waals surface area contributed by atoms with E-state index in [0.29, 0.717) is 6.04 Å². The molecule has 0 amide bonds. The van der Waals surface area contributed by atoms with Crippen LogP contribution in [0.15, 0.2) is 36.7 Å². The smallest absolute Gasteiger partial charge is 0.0519 e. The van der Waals surface area contributed by atoms with Crippen molar-refractivity contribution in [2.75, 3.05) is 13.6 Å². The maximum Gasteiger partial charge on any atom is 0.0519 e. The van der Waals surface area contributed by atoms with Crippen LogP contribution in [0.3, 0.4) is 0 Å². The maximum absolute atomic E-state index is 4.01. The molecule has 0 saturated carbocycles. The number of H-pyrrole nitrogens is 1. The monoisotopic (exact) mass is 255 g/mol. The molecule has 1 heterocycles. The molecular formula is C16H21N3. The maximum atomic E-state index is 4.01. The molecule has 0 aliphatic heterocycles. The summed E-state index contributed by atoms with van der Waals surface area (Å²) in [5.41, 5.74) is 4.35. The Morgan fingerprint density at radius 3 is 3.11 bits per heavy atom. The average Bonchev–Trinajstić information content (AvgIpc) is 2.97. The fourth-order valence-corrected chi connectivity index (χ4v) is 3.06. The SMILES string of the molecule is CN(CCc1cn[nH]c1)[C@H]1CCCc2ccccc21. The number of benzene rings is 1. The van der Waals surface area contributed by atoms with Crippen molar-refractivity contribution >= 4 is 0 Å². The van der Waals surface area contributed by atoms with E-state index in [1.807, 2.05) is 12.4 Å². The van der Waals surface area contributed by atoms with Crippen molar-refractivity contribution < 1.29 is 0 Å². The van der Waals surface area contributed by atoms with Crippen LogP contribution in [0.4, 0.5) is 0 Å². The standard InChI is InChI=1S/C16H21N3/c1-19(10-9-13-11-17-18-12-13)16-8-4-6-14-5-2-3-7-15(14)16/h2-3,5,7,11-12,16H,4,6,8-10H2,1H3,(H,17,18)/t16-/m0/s1. The van der Waals surface area contributed by atoms with E-state index < -0.39 is 0 Å². The van der Waals surface area contributed by atoms with Gasteiger partial charge in [0.15, 0.2) is 0 Å². The molecule has 1 aromatic heterocycles. The molecule has 3 rings (SSSR count). The van der Waals surface area contributed by atoms with Gasteiger partial charge in [-0.05, 0) is 49.4 Å². The van der Waals surface area contributed by atoms with Crippen LogP contribution in [0.2, 0.25) is 0 Å². The van der Waals surface area contributed by atoms with E-state index >= 15 is 0 Å². The molecule has 0 radical (unpaired) electrons. The molecule has 1 atom stereocenters. The lowest BCUT2D eigenvalue weighted by Crippen LogP contribution is -2.29. The lowest BCUT2D eigenvalue weighted by atomic mass is 9.87. The highest BCUT2D eigenvalue weighted by molar-refractivity contribution is 5.32. The Bertz CT molecular complexity index is 519. The third-order valence-electron chi connectivity index (χ3n) is 4.18. The first kappa shape index (κ1) is 12.4. The predicted octanol–water partition coefficient (Wildman–Crippen LogP) is 2.96. The number of nitrogens with one attached hydrogen (secondary N) is 1. The third kappa shape index (κ3) is 2.71. The third-order valence-corrected chi connectivity index (χ3v) is 4.18. The van der Waals surface area contributed by atoms with Crippen molar-refractivity contribution in [2.45, 2.75) is 31.7 Å². The van der Waals surface area contributed by atoms with Gasteiger partial charge >= 0.3 is 0 Å². The van der Waals surface area contributed by atoms with Gasteiger partial charge < -0.3 is 0 Å². The zero-order chi connectivity index (χ0) is 13.1. The first-order valence-electron chi connectivity index (χ1n) is 7.10. The second kappa shape index (κ2) is 5.57. The Labute approximate surface area is 114 Å². The number of aromatic nitrogens is 2. The van der Waals surface area contributed by atoms with Gasteiger partial charge in [-0.15, -0.1) is 0 Å². The van der Waals surface area contributed by atoms with Crippen molar-refractivity contribution in [3.63, 3.8) is 0 Å².